The van der Waals surface area contributed by atoms with Crippen LogP contribution in [-0.2, 0) is 12.8 Å². The summed E-state index contributed by atoms with van der Waals surface area (Å²) in [5.74, 6) is 0.871. The number of likely N-dealkylation sites (N-methyl/N-ethyl adjacent to an activating group) is 1. The molecular formula is C11H20N4. The standard InChI is InChI=1S/C11H20N4/c1-8(2)15-11(12)9-4-6-14(3)7-5-10(9)13-15/h8H,4-7,12H2,1-3H3. The summed E-state index contributed by atoms with van der Waals surface area (Å²) in [4.78, 5) is 2.33. The third kappa shape index (κ3) is 1.86. The van der Waals surface area contributed by atoms with Crippen molar-refractivity contribution in [3.63, 3.8) is 0 Å². The lowest BCUT2D eigenvalue weighted by Crippen LogP contribution is -2.21. The summed E-state index contributed by atoms with van der Waals surface area (Å²) in [7, 11) is 2.15. The molecule has 0 saturated carbocycles. The predicted molar refractivity (Wildman–Crippen MR) is 61.9 cm³/mol. The molecular weight excluding hydrogens is 188 g/mol. The van der Waals surface area contributed by atoms with Gasteiger partial charge >= 0.3 is 0 Å². The average Bonchev–Trinajstić information content (AvgIpc) is 2.37. The predicted octanol–water partition coefficient (Wildman–Crippen LogP) is 1.08. The molecule has 0 fully saturated rings. The number of nitrogens with zero attached hydrogens (tertiary/aromatic N) is 3. The zero-order valence-electron chi connectivity index (χ0n) is 9.82. The lowest BCUT2D eigenvalue weighted by atomic mass is 10.1. The summed E-state index contributed by atoms with van der Waals surface area (Å²) < 4.78 is 1.95. The monoisotopic (exact) mass is 208 g/mol. The van der Waals surface area contributed by atoms with Gasteiger partial charge in [0, 0.05) is 31.1 Å². The molecule has 0 bridgehead atoms. The highest BCUT2D eigenvalue weighted by Gasteiger charge is 2.20. The van der Waals surface area contributed by atoms with Crippen molar-refractivity contribution >= 4 is 5.82 Å². The Kier molecular flexibility index (Phi) is 2.69. The van der Waals surface area contributed by atoms with E-state index in [-0.39, 0.29) is 0 Å². The van der Waals surface area contributed by atoms with E-state index in [1.54, 1.807) is 0 Å². The Morgan fingerprint density at radius 2 is 1.93 bits per heavy atom. The van der Waals surface area contributed by atoms with E-state index in [9.17, 15) is 0 Å². The highest BCUT2D eigenvalue weighted by Crippen LogP contribution is 2.23. The van der Waals surface area contributed by atoms with Crippen molar-refractivity contribution in [3.05, 3.63) is 11.3 Å². The molecule has 0 atom stereocenters. The molecule has 84 valence electrons. The smallest absolute Gasteiger partial charge is 0.125 e. The second-order valence-electron chi connectivity index (χ2n) is 4.65. The minimum Gasteiger partial charge on any atom is -0.384 e. The fourth-order valence-corrected chi connectivity index (χ4v) is 2.11. The van der Waals surface area contributed by atoms with Gasteiger partial charge in [-0.2, -0.15) is 5.10 Å². The quantitative estimate of drug-likeness (QED) is 0.751. The van der Waals surface area contributed by atoms with Crippen molar-refractivity contribution in [1.29, 1.82) is 0 Å². The largest absolute Gasteiger partial charge is 0.384 e. The van der Waals surface area contributed by atoms with Crippen LogP contribution in [0.5, 0.6) is 0 Å². The minimum absolute atomic E-state index is 0.356. The number of anilines is 1. The van der Waals surface area contributed by atoms with E-state index in [0.29, 0.717) is 6.04 Å². The summed E-state index contributed by atoms with van der Waals surface area (Å²) in [6.07, 6.45) is 2.06. The van der Waals surface area contributed by atoms with Crippen LogP contribution < -0.4 is 5.73 Å². The third-order valence-corrected chi connectivity index (χ3v) is 3.10. The molecule has 2 N–H and O–H groups in total. The fourth-order valence-electron chi connectivity index (χ4n) is 2.11. The van der Waals surface area contributed by atoms with E-state index >= 15 is 0 Å². The van der Waals surface area contributed by atoms with Gasteiger partial charge in [0.05, 0.1) is 5.69 Å². The number of aromatic nitrogens is 2. The van der Waals surface area contributed by atoms with Crippen molar-refractivity contribution in [3.8, 4) is 0 Å². The Morgan fingerprint density at radius 3 is 2.60 bits per heavy atom. The summed E-state index contributed by atoms with van der Waals surface area (Å²) in [5.41, 5.74) is 8.59. The molecule has 0 aliphatic carbocycles. The van der Waals surface area contributed by atoms with Crippen LogP contribution >= 0.6 is 0 Å². The molecule has 1 aromatic heterocycles. The third-order valence-electron chi connectivity index (χ3n) is 3.10. The lowest BCUT2D eigenvalue weighted by molar-refractivity contribution is 0.350. The molecule has 4 nitrogen and oxygen atoms in total. The fraction of sp³-hybridized carbons (Fsp3) is 0.727. The van der Waals surface area contributed by atoms with Gasteiger partial charge in [-0.25, -0.2) is 4.68 Å². The van der Waals surface area contributed by atoms with Gasteiger partial charge < -0.3 is 10.6 Å². The Bertz CT molecular complexity index is 354. The molecule has 2 rings (SSSR count). The van der Waals surface area contributed by atoms with Crippen LogP contribution in [0, 0.1) is 0 Å². The van der Waals surface area contributed by atoms with E-state index < -0.39 is 0 Å². The number of nitrogen functional groups attached to an aromatic ring is 1. The summed E-state index contributed by atoms with van der Waals surface area (Å²) in [6.45, 7) is 6.41. The van der Waals surface area contributed by atoms with Crippen LogP contribution in [0.4, 0.5) is 5.82 Å². The van der Waals surface area contributed by atoms with Crippen LogP contribution in [0.2, 0.25) is 0 Å². The molecule has 1 aliphatic heterocycles. The normalized spacial score (nSPS) is 17.9. The number of rotatable bonds is 1. The van der Waals surface area contributed by atoms with Crippen molar-refractivity contribution in [2.75, 3.05) is 25.9 Å². The first-order chi connectivity index (χ1) is 7.09. The van der Waals surface area contributed by atoms with Crippen molar-refractivity contribution in [2.45, 2.75) is 32.7 Å². The molecule has 0 spiro atoms. The number of hydrogen-bond donors (Lipinski definition) is 1. The summed E-state index contributed by atoms with van der Waals surface area (Å²) in [5, 5.41) is 4.61. The maximum absolute atomic E-state index is 6.12. The zero-order valence-corrected chi connectivity index (χ0v) is 9.82. The van der Waals surface area contributed by atoms with Gasteiger partial charge in [0.15, 0.2) is 0 Å². The topological polar surface area (TPSA) is 47.1 Å². The van der Waals surface area contributed by atoms with Crippen molar-refractivity contribution in [1.82, 2.24) is 14.7 Å². The lowest BCUT2D eigenvalue weighted by Gasteiger charge is -2.13. The van der Waals surface area contributed by atoms with Gasteiger partial charge in [0.25, 0.3) is 0 Å². The number of fused-ring (bicyclic) bond motifs is 1. The molecule has 1 aromatic rings. The number of nitrogens with two attached hydrogens (primary N) is 1. The van der Waals surface area contributed by atoms with Gasteiger partial charge in [-0.3, -0.25) is 0 Å². The summed E-state index contributed by atoms with van der Waals surface area (Å²) >= 11 is 0. The maximum atomic E-state index is 6.12. The van der Waals surface area contributed by atoms with Crippen molar-refractivity contribution < 1.29 is 0 Å². The second-order valence-corrected chi connectivity index (χ2v) is 4.65. The minimum atomic E-state index is 0.356. The molecule has 0 amide bonds. The van der Waals surface area contributed by atoms with Crippen LogP contribution in [0.25, 0.3) is 0 Å². The maximum Gasteiger partial charge on any atom is 0.125 e. The van der Waals surface area contributed by atoms with Crippen LogP contribution in [0.15, 0.2) is 0 Å². The molecule has 0 saturated heterocycles. The van der Waals surface area contributed by atoms with E-state index in [1.807, 2.05) is 4.68 Å². The van der Waals surface area contributed by atoms with Crippen LogP contribution in [0.1, 0.15) is 31.1 Å². The first-order valence-corrected chi connectivity index (χ1v) is 5.64. The number of hydrogen-bond acceptors (Lipinski definition) is 3. The van der Waals surface area contributed by atoms with E-state index in [0.717, 1.165) is 31.7 Å². The molecule has 1 aliphatic rings. The Morgan fingerprint density at radius 1 is 1.27 bits per heavy atom. The van der Waals surface area contributed by atoms with Crippen molar-refractivity contribution in [2.24, 2.45) is 0 Å². The zero-order chi connectivity index (χ0) is 11.0. The second kappa shape index (κ2) is 3.85. The van der Waals surface area contributed by atoms with E-state index in [2.05, 4.69) is 30.9 Å². The van der Waals surface area contributed by atoms with Gasteiger partial charge in [0.2, 0.25) is 0 Å². The van der Waals surface area contributed by atoms with E-state index in [1.165, 1.54) is 11.3 Å². The highest BCUT2D eigenvalue weighted by atomic mass is 15.3. The van der Waals surface area contributed by atoms with Gasteiger partial charge in [-0.1, -0.05) is 0 Å². The first-order valence-electron chi connectivity index (χ1n) is 5.64. The molecule has 2 heterocycles. The van der Waals surface area contributed by atoms with E-state index in [4.69, 9.17) is 5.73 Å². The van der Waals surface area contributed by atoms with Gasteiger partial charge in [-0.05, 0) is 27.3 Å². The molecule has 0 radical (unpaired) electrons. The molecule has 0 aromatic carbocycles. The molecule has 0 unspecified atom stereocenters. The Balaban J connectivity index is 2.34. The summed E-state index contributed by atoms with van der Waals surface area (Å²) in [6, 6.07) is 0.356. The van der Waals surface area contributed by atoms with Gasteiger partial charge in [-0.15, -0.1) is 0 Å². The van der Waals surface area contributed by atoms with Crippen LogP contribution in [-0.4, -0.2) is 34.8 Å². The molecule has 4 heteroatoms. The Hall–Kier alpha value is -1.03. The SMILES string of the molecule is CC(C)n1nc2c(c1N)CCN(C)CC2. The van der Waals surface area contributed by atoms with Gasteiger partial charge in [0.1, 0.15) is 5.82 Å². The first kappa shape index (κ1) is 10.5. The highest BCUT2D eigenvalue weighted by molar-refractivity contribution is 5.44. The average molecular weight is 208 g/mol. The van der Waals surface area contributed by atoms with Crippen LogP contribution in [0.3, 0.4) is 0 Å². The Labute approximate surface area is 91.1 Å². The molecule has 15 heavy (non-hydrogen) atoms.